The lowest BCUT2D eigenvalue weighted by Crippen LogP contribution is -2.04. The van der Waals surface area contributed by atoms with E-state index < -0.39 is 0 Å². The number of halogens is 1. The Morgan fingerprint density at radius 3 is 2.80 bits per heavy atom. The molecule has 4 heteroatoms. The van der Waals surface area contributed by atoms with Crippen molar-refractivity contribution >= 4 is 21.7 Å². The first-order chi connectivity index (χ1) is 7.06. The van der Waals surface area contributed by atoms with Crippen LogP contribution in [0.5, 0.6) is 11.5 Å². The van der Waals surface area contributed by atoms with Crippen molar-refractivity contribution in [2.45, 2.75) is 18.7 Å². The van der Waals surface area contributed by atoms with Crippen LogP contribution in [0.2, 0.25) is 0 Å². The second-order valence-corrected chi connectivity index (χ2v) is 4.04. The van der Waals surface area contributed by atoms with E-state index in [4.69, 9.17) is 4.74 Å². The first-order valence-electron chi connectivity index (χ1n) is 4.66. The van der Waals surface area contributed by atoms with E-state index in [1.165, 1.54) is 19.1 Å². The molecule has 0 saturated carbocycles. The predicted octanol–water partition coefficient (Wildman–Crippen LogP) is 2.82. The van der Waals surface area contributed by atoms with Gasteiger partial charge in [-0.3, -0.25) is 4.79 Å². The van der Waals surface area contributed by atoms with Crippen molar-refractivity contribution in [1.82, 2.24) is 0 Å². The van der Waals surface area contributed by atoms with Gasteiger partial charge in [-0.15, -0.1) is 0 Å². The van der Waals surface area contributed by atoms with Crippen LogP contribution in [0.25, 0.3) is 0 Å². The van der Waals surface area contributed by atoms with Gasteiger partial charge in [-0.05, 0) is 19.9 Å². The predicted molar refractivity (Wildman–Crippen MR) is 61.6 cm³/mol. The Bertz CT molecular complexity index is 363. The molecule has 1 unspecified atom stereocenters. The van der Waals surface area contributed by atoms with Gasteiger partial charge in [0.1, 0.15) is 22.1 Å². The molecule has 0 aliphatic rings. The van der Waals surface area contributed by atoms with Crippen LogP contribution in [0.1, 0.15) is 24.2 Å². The molecule has 3 nitrogen and oxygen atoms in total. The molecule has 0 heterocycles. The molecule has 0 spiro atoms. The van der Waals surface area contributed by atoms with Crippen LogP contribution in [0, 0.1) is 0 Å². The van der Waals surface area contributed by atoms with Gasteiger partial charge in [-0.25, -0.2) is 0 Å². The largest absolute Gasteiger partial charge is 0.508 e. The zero-order valence-corrected chi connectivity index (χ0v) is 10.2. The van der Waals surface area contributed by atoms with Gasteiger partial charge < -0.3 is 9.84 Å². The van der Waals surface area contributed by atoms with Gasteiger partial charge in [0.25, 0.3) is 0 Å². The number of ketones is 1. The van der Waals surface area contributed by atoms with Crippen molar-refractivity contribution in [3.8, 4) is 11.5 Å². The Balaban J connectivity index is 3.10. The minimum atomic E-state index is -0.389. The quantitative estimate of drug-likeness (QED) is 0.858. The summed E-state index contributed by atoms with van der Waals surface area (Å²) in [5.74, 6) is 0.668. The first kappa shape index (κ1) is 12.0. The number of Topliss-reactive ketones (excluding diaryl/α,β-unsaturated/α-hetero) is 1. The zero-order chi connectivity index (χ0) is 11.4. The van der Waals surface area contributed by atoms with E-state index in [1.54, 1.807) is 6.07 Å². The number of hydrogen-bond donors (Lipinski definition) is 1. The summed E-state index contributed by atoms with van der Waals surface area (Å²) in [4.78, 5) is 10.8. The number of phenolic OH excluding ortho intramolecular Hbond substituents is 1. The minimum Gasteiger partial charge on any atom is -0.508 e. The van der Waals surface area contributed by atoms with Crippen LogP contribution >= 0.6 is 15.9 Å². The third-order valence-electron chi connectivity index (χ3n) is 1.93. The van der Waals surface area contributed by atoms with Crippen molar-refractivity contribution in [3.05, 3.63) is 23.8 Å². The number of carbonyl (C=O) groups excluding carboxylic acids is 1. The molecule has 1 N–H and O–H groups in total. The summed E-state index contributed by atoms with van der Waals surface area (Å²) in [6.07, 6.45) is 0. The Labute approximate surface area is 97.2 Å². The summed E-state index contributed by atoms with van der Waals surface area (Å²) in [6, 6.07) is 4.73. The Morgan fingerprint density at radius 2 is 2.27 bits per heavy atom. The van der Waals surface area contributed by atoms with Gasteiger partial charge >= 0.3 is 0 Å². The number of alkyl halides is 1. The summed E-state index contributed by atoms with van der Waals surface area (Å²) >= 11 is 3.28. The molecule has 1 atom stereocenters. The van der Waals surface area contributed by atoms with Gasteiger partial charge in [0.2, 0.25) is 0 Å². The molecule has 0 aliphatic heterocycles. The number of phenols is 1. The van der Waals surface area contributed by atoms with E-state index in [1.807, 2.05) is 6.92 Å². The van der Waals surface area contributed by atoms with Gasteiger partial charge in [0, 0.05) is 11.6 Å². The fourth-order valence-electron chi connectivity index (χ4n) is 1.23. The summed E-state index contributed by atoms with van der Waals surface area (Å²) in [5.41, 5.74) is 0.738. The van der Waals surface area contributed by atoms with E-state index in [0.717, 1.165) is 5.56 Å². The van der Waals surface area contributed by atoms with Crippen molar-refractivity contribution in [3.63, 3.8) is 0 Å². The van der Waals surface area contributed by atoms with Crippen LogP contribution in [0.4, 0.5) is 0 Å². The van der Waals surface area contributed by atoms with E-state index in [2.05, 4.69) is 15.9 Å². The van der Waals surface area contributed by atoms with Gasteiger partial charge in [0.05, 0.1) is 6.61 Å². The second-order valence-electron chi connectivity index (χ2n) is 3.13. The number of carbonyl (C=O) groups is 1. The maximum atomic E-state index is 11.2. The highest BCUT2D eigenvalue weighted by atomic mass is 79.9. The lowest BCUT2D eigenvalue weighted by Gasteiger charge is -2.13. The maximum Gasteiger partial charge on any atom is 0.147 e. The number of benzene rings is 1. The van der Waals surface area contributed by atoms with Crippen molar-refractivity contribution in [1.29, 1.82) is 0 Å². The second kappa shape index (κ2) is 5.16. The molecule has 1 rings (SSSR count). The van der Waals surface area contributed by atoms with Crippen LogP contribution in [0.3, 0.4) is 0 Å². The molecule has 0 saturated heterocycles. The lowest BCUT2D eigenvalue weighted by atomic mass is 10.1. The van der Waals surface area contributed by atoms with Crippen molar-refractivity contribution < 1.29 is 14.6 Å². The Morgan fingerprint density at radius 1 is 1.60 bits per heavy atom. The first-order valence-corrected chi connectivity index (χ1v) is 5.58. The Hall–Kier alpha value is -1.03. The topological polar surface area (TPSA) is 46.5 Å². The van der Waals surface area contributed by atoms with Gasteiger partial charge in [-0.1, -0.05) is 22.0 Å². The molecule has 0 radical (unpaired) electrons. The zero-order valence-electron chi connectivity index (χ0n) is 8.66. The highest BCUT2D eigenvalue weighted by molar-refractivity contribution is 9.09. The number of aromatic hydroxyl groups is 1. The molecule has 15 heavy (non-hydrogen) atoms. The van der Waals surface area contributed by atoms with Gasteiger partial charge in [-0.2, -0.15) is 0 Å². The fraction of sp³-hybridized carbons (Fsp3) is 0.364. The third-order valence-corrected chi connectivity index (χ3v) is 3.06. The third kappa shape index (κ3) is 2.96. The smallest absolute Gasteiger partial charge is 0.147 e. The molecule has 1 aromatic carbocycles. The molecule has 0 amide bonds. The standard InChI is InChI=1S/C11H13BrO3/c1-3-15-10-6-8(14)4-5-9(10)11(12)7(2)13/h4-6,11,14H,3H2,1-2H3. The average molecular weight is 273 g/mol. The van der Waals surface area contributed by atoms with Gasteiger partial charge in [0.15, 0.2) is 0 Å². The normalized spacial score (nSPS) is 12.2. The van der Waals surface area contributed by atoms with Crippen LogP contribution < -0.4 is 4.74 Å². The molecule has 0 aromatic heterocycles. The van der Waals surface area contributed by atoms with E-state index in [-0.39, 0.29) is 16.4 Å². The number of ether oxygens (including phenoxy) is 1. The molecule has 0 fully saturated rings. The highest BCUT2D eigenvalue weighted by Gasteiger charge is 2.17. The molecular weight excluding hydrogens is 260 g/mol. The highest BCUT2D eigenvalue weighted by Crippen LogP contribution is 2.34. The number of hydrogen-bond acceptors (Lipinski definition) is 3. The molecule has 82 valence electrons. The van der Waals surface area contributed by atoms with Crippen LogP contribution in [-0.4, -0.2) is 17.5 Å². The van der Waals surface area contributed by atoms with Crippen molar-refractivity contribution in [2.75, 3.05) is 6.61 Å². The summed E-state index contributed by atoms with van der Waals surface area (Å²) in [5, 5.41) is 9.30. The molecular formula is C11H13BrO3. The number of rotatable bonds is 4. The summed E-state index contributed by atoms with van der Waals surface area (Å²) < 4.78 is 5.35. The molecule has 0 bridgehead atoms. The monoisotopic (exact) mass is 272 g/mol. The van der Waals surface area contributed by atoms with E-state index in [9.17, 15) is 9.90 Å². The maximum absolute atomic E-state index is 11.2. The molecule has 0 aliphatic carbocycles. The van der Waals surface area contributed by atoms with Crippen LogP contribution in [-0.2, 0) is 4.79 Å². The average Bonchev–Trinajstić information content (AvgIpc) is 2.17. The lowest BCUT2D eigenvalue weighted by molar-refractivity contribution is -0.116. The summed E-state index contributed by atoms with van der Waals surface area (Å²) in [6.45, 7) is 3.85. The van der Waals surface area contributed by atoms with Crippen LogP contribution in [0.15, 0.2) is 18.2 Å². The van der Waals surface area contributed by atoms with E-state index >= 15 is 0 Å². The summed E-state index contributed by atoms with van der Waals surface area (Å²) in [7, 11) is 0. The minimum absolute atomic E-state index is 0.00152. The fourth-order valence-corrected chi connectivity index (χ4v) is 1.61. The van der Waals surface area contributed by atoms with E-state index in [0.29, 0.717) is 12.4 Å². The Kier molecular flexibility index (Phi) is 4.15. The molecule has 1 aromatic rings. The van der Waals surface area contributed by atoms with Crippen molar-refractivity contribution in [2.24, 2.45) is 0 Å². The SMILES string of the molecule is CCOc1cc(O)ccc1C(Br)C(C)=O.